The third-order valence-electron chi connectivity index (χ3n) is 2.72. The molecule has 1 aromatic rings. The minimum absolute atomic E-state index is 0.177. The molecule has 1 rings (SSSR count). The second-order valence-electron chi connectivity index (χ2n) is 5.36. The molecular weight excluding hydrogens is 226 g/mol. The number of hydrogen-bond acceptors (Lipinski definition) is 3. The van der Waals surface area contributed by atoms with Crippen molar-refractivity contribution in [3.05, 3.63) is 35.4 Å². The van der Waals surface area contributed by atoms with Crippen LogP contribution in [0.3, 0.4) is 0 Å². The van der Waals surface area contributed by atoms with Gasteiger partial charge in [0.15, 0.2) is 0 Å². The van der Waals surface area contributed by atoms with Crippen LogP contribution in [0.15, 0.2) is 24.3 Å². The number of nitrogens with one attached hydrogen (secondary N) is 1. The zero-order chi connectivity index (χ0) is 13.6. The fourth-order valence-corrected chi connectivity index (χ4v) is 1.64. The summed E-state index contributed by atoms with van der Waals surface area (Å²) >= 11 is 0. The molecule has 3 nitrogen and oxygen atoms in total. The number of carbonyl (C=O) groups is 1. The summed E-state index contributed by atoms with van der Waals surface area (Å²) < 4.78 is 4.84. The molecule has 0 amide bonds. The topological polar surface area (TPSA) is 38.3 Å². The maximum atomic E-state index is 11.1. The highest BCUT2D eigenvalue weighted by atomic mass is 16.5. The van der Waals surface area contributed by atoms with E-state index >= 15 is 0 Å². The molecule has 0 radical (unpaired) electrons. The Morgan fingerprint density at radius 2 is 1.83 bits per heavy atom. The van der Waals surface area contributed by atoms with Crippen molar-refractivity contribution < 1.29 is 9.53 Å². The van der Waals surface area contributed by atoms with E-state index in [9.17, 15) is 4.79 Å². The molecule has 1 N–H and O–H groups in total. The van der Waals surface area contributed by atoms with E-state index in [2.05, 4.69) is 50.4 Å². The third-order valence-corrected chi connectivity index (χ3v) is 2.72. The first kappa shape index (κ1) is 14.7. The second kappa shape index (κ2) is 6.55. The summed E-state index contributed by atoms with van der Waals surface area (Å²) in [6.07, 6.45) is 0. The summed E-state index contributed by atoms with van der Waals surface area (Å²) in [7, 11) is 0. The van der Waals surface area contributed by atoms with Gasteiger partial charge in [-0.3, -0.25) is 4.79 Å². The quantitative estimate of drug-likeness (QED) is 0.815. The minimum atomic E-state index is -0.205. The Balaban J connectivity index is 2.42. The van der Waals surface area contributed by atoms with Crippen LogP contribution in [-0.2, 0) is 21.5 Å². The molecular formula is C15H23NO2. The molecule has 0 atom stereocenters. The van der Waals surface area contributed by atoms with Gasteiger partial charge in [-0.25, -0.2) is 0 Å². The summed E-state index contributed by atoms with van der Waals surface area (Å²) in [5, 5.41) is 3.07. The normalized spacial score (nSPS) is 11.3. The van der Waals surface area contributed by atoms with Crippen molar-refractivity contribution in [3.63, 3.8) is 0 Å². The lowest BCUT2D eigenvalue weighted by Crippen LogP contribution is -2.24. The second-order valence-corrected chi connectivity index (χ2v) is 5.36. The third kappa shape index (κ3) is 4.88. The molecule has 0 unspecified atom stereocenters. The zero-order valence-electron chi connectivity index (χ0n) is 11.7. The first-order valence-corrected chi connectivity index (χ1v) is 6.39. The zero-order valence-corrected chi connectivity index (χ0v) is 11.7. The predicted molar refractivity (Wildman–Crippen MR) is 73.5 cm³/mol. The fraction of sp³-hybridized carbons (Fsp3) is 0.533. The highest BCUT2D eigenvalue weighted by Gasteiger charge is 2.12. The van der Waals surface area contributed by atoms with Gasteiger partial charge in [-0.1, -0.05) is 45.0 Å². The predicted octanol–water partition coefficient (Wildman–Crippen LogP) is 2.64. The Hall–Kier alpha value is -1.35. The molecule has 0 saturated carbocycles. The number of rotatable bonds is 5. The lowest BCUT2D eigenvalue weighted by Gasteiger charge is -2.19. The molecule has 100 valence electrons. The molecule has 0 spiro atoms. The van der Waals surface area contributed by atoms with Gasteiger partial charge in [0.25, 0.3) is 0 Å². The van der Waals surface area contributed by atoms with Gasteiger partial charge in [-0.05, 0) is 23.5 Å². The van der Waals surface area contributed by atoms with Crippen LogP contribution >= 0.6 is 0 Å². The summed E-state index contributed by atoms with van der Waals surface area (Å²) in [6.45, 7) is 9.77. The van der Waals surface area contributed by atoms with E-state index in [1.807, 2.05) is 6.92 Å². The Labute approximate surface area is 110 Å². The lowest BCUT2D eigenvalue weighted by molar-refractivity contribution is -0.142. The lowest BCUT2D eigenvalue weighted by atomic mass is 9.87. The van der Waals surface area contributed by atoms with Crippen LogP contribution in [0.5, 0.6) is 0 Å². The Morgan fingerprint density at radius 1 is 1.22 bits per heavy atom. The number of carbonyl (C=O) groups excluding carboxylic acids is 1. The Morgan fingerprint density at radius 3 is 2.33 bits per heavy atom. The van der Waals surface area contributed by atoms with Crippen LogP contribution in [0, 0.1) is 0 Å². The smallest absolute Gasteiger partial charge is 0.319 e. The molecule has 0 aliphatic rings. The van der Waals surface area contributed by atoms with Crippen molar-refractivity contribution in [2.24, 2.45) is 0 Å². The van der Waals surface area contributed by atoms with Gasteiger partial charge in [0.2, 0.25) is 0 Å². The van der Waals surface area contributed by atoms with Gasteiger partial charge < -0.3 is 10.1 Å². The van der Waals surface area contributed by atoms with Crippen molar-refractivity contribution >= 4 is 5.97 Å². The summed E-state index contributed by atoms with van der Waals surface area (Å²) in [4.78, 5) is 11.1. The molecule has 0 aliphatic heterocycles. The first-order chi connectivity index (χ1) is 8.43. The Kier molecular flexibility index (Phi) is 5.35. The molecule has 18 heavy (non-hydrogen) atoms. The van der Waals surface area contributed by atoms with Crippen molar-refractivity contribution in [1.82, 2.24) is 5.32 Å². The highest BCUT2D eigenvalue weighted by Crippen LogP contribution is 2.21. The van der Waals surface area contributed by atoms with Gasteiger partial charge in [0.1, 0.15) is 0 Å². The molecule has 0 aromatic heterocycles. The average Bonchev–Trinajstić information content (AvgIpc) is 2.29. The SMILES string of the molecule is CCOC(=O)CNCc1ccc(C(C)(C)C)cc1. The van der Waals surface area contributed by atoms with Crippen LogP contribution in [-0.4, -0.2) is 19.1 Å². The van der Waals surface area contributed by atoms with Crippen molar-refractivity contribution in [2.75, 3.05) is 13.2 Å². The molecule has 0 bridgehead atoms. The van der Waals surface area contributed by atoms with E-state index in [1.165, 1.54) is 11.1 Å². The van der Waals surface area contributed by atoms with Crippen LogP contribution in [0.4, 0.5) is 0 Å². The van der Waals surface area contributed by atoms with E-state index in [-0.39, 0.29) is 17.9 Å². The maximum absolute atomic E-state index is 11.1. The molecule has 1 aromatic carbocycles. The van der Waals surface area contributed by atoms with Gasteiger partial charge in [0, 0.05) is 6.54 Å². The minimum Gasteiger partial charge on any atom is -0.465 e. The van der Waals surface area contributed by atoms with Crippen LogP contribution < -0.4 is 5.32 Å². The Bertz CT molecular complexity index is 376. The molecule has 0 aliphatic carbocycles. The summed E-state index contributed by atoms with van der Waals surface area (Å²) in [6, 6.07) is 8.47. The maximum Gasteiger partial charge on any atom is 0.319 e. The molecule has 0 fully saturated rings. The van der Waals surface area contributed by atoms with E-state index in [1.54, 1.807) is 0 Å². The monoisotopic (exact) mass is 249 g/mol. The van der Waals surface area contributed by atoms with E-state index in [0.717, 1.165) is 0 Å². The highest BCUT2D eigenvalue weighted by molar-refractivity contribution is 5.71. The standard InChI is InChI=1S/C15H23NO2/c1-5-18-14(17)11-16-10-12-6-8-13(9-7-12)15(2,3)4/h6-9,16H,5,10-11H2,1-4H3. The molecule has 3 heteroatoms. The number of hydrogen-bond donors (Lipinski definition) is 1. The summed E-state index contributed by atoms with van der Waals surface area (Å²) in [5.74, 6) is -0.205. The van der Waals surface area contributed by atoms with Crippen molar-refractivity contribution in [1.29, 1.82) is 0 Å². The largest absolute Gasteiger partial charge is 0.465 e. The van der Waals surface area contributed by atoms with Gasteiger partial charge >= 0.3 is 5.97 Å². The fourth-order valence-electron chi connectivity index (χ4n) is 1.64. The summed E-state index contributed by atoms with van der Waals surface area (Å²) in [5.41, 5.74) is 2.67. The molecule has 0 heterocycles. The average molecular weight is 249 g/mol. The molecule has 0 saturated heterocycles. The van der Waals surface area contributed by atoms with Crippen LogP contribution in [0.2, 0.25) is 0 Å². The van der Waals surface area contributed by atoms with Crippen LogP contribution in [0.1, 0.15) is 38.8 Å². The number of esters is 1. The van der Waals surface area contributed by atoms with E-state index in [0.29, 0.717) is 13.2 Å². The van der Waals surface area contributed by atoms with E-state index < -0.39 is 0 Å². The number of ether oxygens (including phenoxy) is 1. The van der Waals surface area contributed by atoms with Crippen molar-refractivity contribution in [3.8, 4) is 0 Å². The number of benzene rings is 1. The van der Waals surface area contributed by atoms with Crippen LogP contribution in [0.25, 0.3) is 0 Å². The van der Waals surface area contributed by atoms with Gasteiger partial charge in [-0.2, -0.15) is 0 Å². The van der Waals surface area contributed by atoms with E-state index in [4.69, 9.17) is 4.74 Å². The van der Waals surface area contributed by atoms with Crippen molar-refractivity contribution in [2.45, 2.75) is 39.7 Å². The first-order valence-electron chi connectivity index (χ1n) is 6.39. The van der Waals surface area contributed by atoms with Gasteiger partial charge in [-0.15, -0.1) is 0 Å². The van der Waals surface area contributed by atoms with Gasteiger partial charge in [0.05, 0.1) is 13.2 Å².